The zero-order chi connectivity index (χ0) is 34.9. The van der Waals surface area contributed by atoms with Crippen LogP contribution in [0.3, 0.4) is 0 Å². The second-order valence-electron chi connectivity index (χ2n) is 11.9. The Balaban J connectivity index is 1.29. The van der Waals surface area contributed by atoms with Crippen molar-refractivity contribution in [2.24, 2.45) is 7.05 Å². The number of ether oxygens (including phenoxy) is 3. The van der Waals surface area contributed by atoms with Gasteiger partial charge in [0.05, 0.1) is 48.5 Å². The first kappa shape index (κ1) is 32.4. The average Bonchev–Trinajstić information content (AvgIpc) is 3.34. The van der Waals surface area contributed by atoms with Gasteiger partial charge in [0.25, 0.3) is 5.56 Å². The minimum absolute atomic E-state index is 0.0136. The zero-order valence-corrected chi connectivity index (χ0v) is 29.0. The third kappa shape index (κ3) is 4.97. The quantitative estimate of drug-likeness (QED) is 0.167. The molecule has 0 saturated carbocycles. The molecular formula is C34H30IN5O9. The molecule has 0 amide bonds. The van der Waals surface area contributed by atoms with E-state index in [2.05, 4.69) is 4.98 Å². The molecule has 15 heteroatoms. The molecule has 4 aromatic rings. The number of carbonyl (C=O) groups excluding carboxylic acids is 2. The first-order valence-corrected chi connectivity index (χ1v) is 16.4. The predicted molar refractivity (Wildman–Crippen MR) is 185 cm³/mol. The molecule has 1 aliphatic heterocycles. The van der Waals surface area contributed by atoms with Gasteiger partial charge in [-0.25, -0.2) is 28.5 Å². The number of hydrogen-bond donors (Lipinski definition) is 1. The summed E-state index contributed by atoms with van der Waals surface area (Å²) in [5, 5.41) is 10.7. The van der Waals surface area contributed by atoms with Crippen molar-refractivity contribution in [1.29, 1.82) is 0 Å². The number of methoxy groups -OCH3 is 3. The molecule has 14 nitrogen and oxygen atoms in total. The molecule has 2 atom stereocenters. The highest BCUT2D eigenvalue weighted by Crippen LogP contribution is 2.51. The molecule has 3 heterocycles. The SMILES string of the molecule is COc1ccc(C2C3=CCn4c(=O)n(CCc5nc6cc(OC)c(OC)cc6n(C)c5=O)c(=O)n4C3CC3=C2C(=O)C(I)=CC3=O)cc1O. The average molecular weight is 780 g/mol. The Morgan fingerprint density at radius 1 is 0.959 bits per heavy atom. The van der Waals surface area contributed by atoms with Gasteiger partial charge < -0.3 is 23.9 Å². The number of halogens is 1. The largest absolute Gasteiger partial charge is 0.504 e. The van der Waals surface area contributed by atoms with E-state index in [-0.39, 0.29) is 69.4 Å². The molecule has 0 fully saturated rings. The van der Waals surface area contributed by atoms with Gasteiger partial charge in [0, 0.05) is 61.7 Å². The van der Waals surface area contributed by atoms with Crippen molar-refractivity contribution in [1.82, 2.24) is 23.5 Å². The molecule has 1 N–H and O–H groups in total. The van der Waals surface area contributed by atoms with Crippen LogP contribution in [0.25, 0.3) is 11.0 Å². The van der Waals surface area contributed by atoms with E-state index < -0.39 is 23.3 Å². The maximum absolute atomic E-state index is 14.1. The number of nitrogens with zero attached hydrogens (tertiary/aromatic N) is 5. The lowest BCUT2D eigenvalue weighted by molar-refractivity contribution is -0.115. The normalized spacial score (nSPS) is 18.5. The summed E-state index contributed by atoms with van der Waals surface area (Å²) < 4.78 is 21.4. The van der Waals surface area contributed by atoms with Crippen LogP contribution in [0.15, 0.2) is 77.2 Å². The molecule has 3 aliphatic rings. The fraction of sp³-hybridized carbons (Fsp3) is 0.294. The Bertz CT molecular complexity index is 2410. The zero-order valence-electron chi connectivity index (χ0n) is 26.9. The highest BCUT2D eigenvalue weighted by atomic mass is 127. The molecular weight excluding hydrogens is 749 g/mol. The summed E-state index contributed by atoms with van der Waals surface area (Å²) in [6.07, 6.45) is 3.09. The number of benzene rings is 2. The summed E-state index contributed by atoms with van der Waals surface area (Å²) in [6.45, 7) is -0.101. The van der Waals surface area contributed by atoms with Gasteiger partial charge >= 0.3 is 11.4 Å². The standard InChI is InChI=1S/C34H30IN5O9/c1-37-23-15-28(49-4)27(48-3)14-21(23)36-20(32(37)44)8-9-38-33(45)39-10-7-17-22(40(39)34(38)46)12-18-24(41)13-19(35)31(43)30(18)29(17)16-5-6-26(47-2)25(42)11-16/h5-7,11,13-15,22,29,42H,8-10,12H2,1-4H3. The topological polar surface area (TPSA) is 166 Å². The summed E-state index contributed by atoms with van der Waals surface area (Å²) in [4.78, 5) is 72.6. The fourth-order valence-corrected chi connectivity index (χ4v) is 7.64. The van der Waals surface area contributed by atoms with Crippen molar-refractivity contribution in [2.45, 2.75) is 37.9 Å². The summed E-state index contributed by atoms with van der Waals surface area (Å²) in [5.41, 5.74) is 1.29. The summed E-state index contributed by atoms with van der Waals surface area (Å²) >= 11 is 1.85. The lowest BCUT2D eigenvalue weighted by Gasteiger charge is -2.39. The van der Waals surface area contributed by atoms with Gasteiger partial charge in [-0.2, -0.15) is 0 Å². The Hall–Kier alpha value is -5.19. The van der Waals surface area contributed by atoms with E-state index in [1.54, 1.807) is 37.4 Å². The van der Waals surface area contributed by atoms with Crippen molar-refractivity contribution in [3.63, 3.8) is 0 Å². The van der Waals surface area contributed by atoms with Crippen molar-refractivity contribution in [3.8, 4) is 23.0 Å². The molecule has 2 aromatic carbocycles. The molecule has 7 rings (SSSR count). The number of fused-ring (bicyclic) bond motifs is 4. The molecule has 2 unspecified atom stereocenters. The molecule has 2 aromatic heterocycles. The number of aromatic nitrogens is 5. The number of Topliss-reactive ketones (excluding diaryl/α,β-unsaturated/α-hetero) is 1. The number of aryl methyl sites for hydroxylation is 2. The molecule has 0 spiro atoms. The van der Waals surface area contributed by atoms with E-state index >= 15 is 0 Å². The predicted octanol–water partition coefficient (Wildman–Crippen LogP) is 2.47. The van der Waals surface area contributed by atoms with Gasteiger partial charge in [0.15, 0.2) is 34.6 Å². The molecule has 0 radical (unpaired) electrons. The number of allylic oxidation sites excluding steroid dienone is 6. The van der Waals surface area contributed by atoms with Gasteiger partial charge in [-0.05, 0) is 45.9 Å². The van der Waals surface area contributed by atoms with Crippen LogP contribution in [0.4, 0.5) is 0 Å². The monoisotopic (exact) mass is 779 g/mol. The first-order chi connectivity index (χ1) is 23.5. The van der Waals surface area contributed by atoms with Crippen LogP contribution in [0.5, 0.6) is 23.0 Å². The van der Waals surface area contributed by atoms with E-state index in [0.717, 1.165) is 4.57 Å². The maximum Gasteiger partial charge on any atom is 0.347 e. The summed E-state index contributed by atoms with van der Waals surface area (Å²) in [5.74, 6) is -0.453. The summed E-state index contributed by atoms with van der Waals surface area (Å²) in [7, 11) is 6.01. The minimum atomic E-state index is -0.766. The second-order valence-corrected chi connectivity index (χ2v) is 13.0. The third-order valence-electron chi connectivity index (χ3n) is 9.44. The van der Waals surface area contributed by atoms with E-state index in [1.165, 1.54) is 47.4 Å². The van der Waals surface area contributed by atoms with Crippen LogP contribution in [0.1, 0.15) is 29.6 Å². The molecule has 49 heavy (non-hydrogen) atoms. The maximum atomic E-state index is 14.1. The van der Waals surface area contributed by atoms with Crippen LogP contribution in [0, 0.1) is 0 Å². The number of hydrogen-bond acceptors (Lipinski definition) is 10. The van der Waals surface area contributed by atoms with Crippen LogP contribution >= 0.6 is 22.6 Å². The van der Waals surface area contributed by atoms with E-state index in [9.17, 15) is 29.1 Å². The number of ketones is 2. The van der Waals surface area contributed by atoms with Crippen LogP contribution < -0.4 is 31.1 Å². The molecule has 0 saturated heterocycles. The van der Waals surface area contributed by atoms with Gasteiger partial charge in [-0.3, -0.25) is 14.4 Å². The van der Waals surface area contributed by atoms with Gasteiger partial charge in [0.2, 0.25) is 0 Å². The summed E-state index contributed by atoms with van der Waals surface area (Å²) in [6, 6.07) is 7.31. The van der Waals surface area contributed by atoms with Gasteiger partial charge in [-0.15, -0.1) is 0 Å². The van der Waals surface area contributed by atoms with E-state index in [0.29, 0.717) is 39.2 Å². The Kier molecular flexibility index (Phi) is 7.96. The fourth-order valence-electron chi connectivity index (χ4n) is 7.06. The van der Waals surface area contributed by atoms with Crippen molar-refractivity contribution in [2.75, 3.05) is 21.3 Å². The lowest BCUT2D eigenvalue weighted by atomic mass is 9.69. The lowest BCUT2D eigenvalue weighted by Crippen LogP contribution is -2.40. The van der Waals surface area contributed by atoms with E-state index in [1.807, 2.05) is 22.6 Å². The van der Waals surface area contributed by atoms with Crippen molar-refractivity contribution < 1.29 is 28.9 Å². The highest BCUT2D eigenvalue weighted by molar-refractivity contribution is 14.1. The molecule has 0 bridgehead atoms. The minimum Gasteiger partial charge on any atom is -0.504 e. The number of phenolic OH excluding ortho intramolecular Hbond substituents is 1. The second kappa shape index (κ2) is 12.0. The number of carbonyl (C=O) groups is 2. The Morgan fingerprint density at radius 2 is 1.67 bits per heavy atom. The number of phenols is 1. The van der Waals surface area contributed by atoms with Crippen LogP contribution in [-0.4, -0.2) is 61.5 Å². The van der Waals surface area contributed by atoms with Crippen molar-refractivity contribution >= 4 is 45.2 Å². The smallest absolute Gasteiger partial charge is 0.347 e. The van der Waals surface area contributed by atoms with E-state index in [4.69, 9.17) is 14.2 Å². The van der Waals surface area contributed by atoms with Gasteiger partial charge in [-0.1, -0.05) is 12.1 Å². The number of aromatic hydroxyl groups is 1. The van der Waals surface area contributed by atoms with Gasteiger partial charge in [0.1, 0.15) is 5.69 Å². The Labute approximate surface area is 291 Å². The van der Waals surface area contributed by atoms with Crippen LogP contribution in [0.2, 0.25) is 0 Å². The third-order valence-corrected chi connectivity index (χ3v) is 10.2. The Morgan fingerprint density at radius 3 is 2.37 bits per heavy atom. The first-order valence-electron chi connectivity index (χ1n) is 15.3. The van der Waals surface area contributed by atoms with Crippen molar-refractivity contribution in [3.05, 3.63) is 105 Å². The number of rotatable bonds is 7. The molecule has 252 valence electrons. The molecule has 2 aliphatic carbocycles. The highest BCUT2D eigenvalue weighted by Gasteiger charge is 2.45. The van der Waals surface area contributed by atoms with Crippen LogP contribution in [-0.2, 0) is 36.1 Å².